The average molecular weight is 256 g/mol. The molecule has 1 aromatic carbocycles. The molecule has 2 nitrogen and oxygen atoms in total. The minimum atomic E-state index is 0.482. The summed E-state index contributed by atoms with van der Waals surface area (Å²) in [5.41, 5.74) is 1.34. The molecule has 1 atom stereocenters. The fourth-order valence-electron chi connectivity index (χ4n) is 1.49. The molecule has 0 spiro atoms. The maximum absolute atomic E-state index is 5.19. The van der Waals surface area contributed by atoms with E-state index in [0.29, 0.717) is 6.10 Å². The van der Waals surface area contributed by atoms with Gasteiger partial charge in [-0.2, -0.15) is 0 Å². The highest BCUT2D eigenvalue weighted by molar-refractivity contribution is 9.10. The first kappa shape index (κ1) is 10.1. The maximum Gasteiger partial charge on any atom is 0.0936 e. The van der Waals surface area contributed by atoms with Crippen LogP contribution in [0.2, 0.25) is 0 Å². The van der Waals surface area contributed by atoms with Crippen LogP contribution in [0.1, 0.15) is 5.56 Å². The van der Waals surface area contributed by atoms with Crippen molar-refractivity contribution in [3.05, 3.63) is 34.3 Å². The van der Waals surface area contributed by atoms with Crippen LogP contribution in [0.25, 0.3) is 0 Å². The highest BCUT2D eigenvalue weighted by Gasteiger charge is 2.23. The largest absolute Gasteiger partial charge is 0.372 e. The number of nitrogens with zero attached hydrogens (tertiary/aromatic N) is 1. The van der Waals surface area contributed by atoms with Gasteiger partial charge in [0.1, 0.15) is 0 Å². The Morgan fingerprint density at radius 1 is 1.43 bits per heavy atom. The molecule has 0 radical (unpaired) electrons. The number of ether oxygens (including phenoxy) is 1. The summed E-state index contributed by atoms with van der Waals surface area (Å²) >= 11 is 3.43. The quantitative estimate of drug-likeness (QED) is 0.768. The van der Waals surface area contributed by atoms with Crippen LogP contribution in [0.3, 0.4) is 0 Å². The van der Waals surface area contributed by atoms with Crippen molar-refractivity contribution in [2.45, 2.75) is 12.6 Å². The maximum atomic E-state index is 5.19. The van der Waals surface area contributed by atoms with Crippen molar-refractivity contribution in [3.63, 3.8) is 0 Å². The van der Waals surface area contributed by atoms with E-state index in [-0.39, 0.29) is 0 Å². The second-order valence-electron chi connectivity index (χ2n) is 3.78. The number of hydrogen-bond acceptors (Lipinski definition) is 2. The molecule has 14 heavy (non-hydrogen) atoms. The number of halogens is 1. The Morgan fingerprint density at radius 2 is 2.07 bits per heavy atom. The van der Waals surface area contributed by atoms with Gasteiger partial charge in [-0.15, -0.1) is 0 Å². The molecule has 76 valence electrons. The van der Waals surface area contributed by atoms with Crippen LogP contribution >= 0.6 is 15.9 Å². The number of benzene rings is 1. The van der Waals surface area contributed by atoms with Gasteiger partial charge in [-0.25, -0.2) is 0 Å². The van der Waals surface area contributed by atoms with E-state index < -0.39 is 0 Å². The molecule has 0 saturated carbocycles. The van der Waals surface area contributed by atoms with Gasteiger partial charge in [0, 0.05) is 17.6 Å². The highest BCUT2D eigenvalue weighted by atomic mass is 79.9. The van der Waals surface area contributed by atoms with E-state index in [4.69, 9.17) is 4.74 Å². The van der Waals surface area contributed by atoms with Crippen molar-refractivity contribution in [3.8, 4) is 0 Å². The van der Waals surface area contributed by atoms with Crippen molar-refractivity contribution in [2.75, 3.05) is 20.2 Å². The molecule has 1 heterocycles. The standard InChI is InChI=1S/C11H14BrNO/c1-13(7-11-8-14-11)6-9-2-4-10(12)5-3-9/h2-5,11H,6-8H2,1H3/t11-/m0/s1. The minimum Gasteiger partial charge on any atom is -0.372 e. The van der Waals surface area contributed by atoms with E-state index >= 15 is 0 Å². The van der Waals surface area contributed by atoms with Crippen LogP contribution in [-0.4, -0.2) is 31.2 Å². The lowest BCUT2D eigenvalue weighted by Gasteiger charge is -2.14. The summed E-state index contributed by atoms with van der Waals surface area (Å²) in [6.07, 6.45) is 0.482. The summed E-state index contributed by atoms with van der Waals surface area (Å²) < 4.78 is 6.32. The molecule has 1 aliphatic heterocycles. The summed E-state index contributed by atoms with van der Waals surface area (Å²) in [5.74, 6) is 0. The van der Waals surface area contributed by atoms with Crippen LogP contribution < -0.4 is 0 Å². The van der Waals surface area contributed by atoms with Crippen molar-refractivity contribution in [1.29, 1.82) is 0 Å². The molecule has 0 N–H and O–H groups in total. The molecule has 0 bridgehead atoms. The summed E-state index contributed by atoms with van der Waals surface area (Å²) in [6.45, 7) is 2.97. The van der Waals surface area contributed by atoms with E-state index in [2.05, 4.69) is 52.1 Å². The van der Waals surface area contributed by atoms with E-state index in [9.17, 15) is 0 Å². The van der Waals surface area contributed by atoms with Crippen molar-refractivity contribution in [1.82, 2.24) is 4.90 Å². The highest BCUT2D eigenvalue weighted by Crippen LogP contribution is 2.14. The molecule has 1 aromatic rings. The van der Waals surface area contributed by atoms with Crippen LogP contribution in [0.15, 0.2) is 28.7 Å². The molecule has 0 aromatic heterocycles. The van der Waals surface area contributed by atoms with Crippen LogP contribution in [-0.2, 0) is 11.3 Å². The van der Waals surface area contributed by atoms with Gasteiger partial charge < -0.3 is 4.74 Å². The molecule has 2 rings (SSSR count). The number of hydrogen-bond donors (Lipinski definition) is 0. The Kier molecular flexibility index (Phi) is 3.21. The van der Waals surface area contributed by atoms with Crippen LogP contribution in [0.5, 0.6) is 0 Å². The number of likely N-dealkylation sites (N-methyl/N-ethyl adjacent to an activating group) is 1. The molecular formula is C11H14BrNO. The van der Waals surface area contributed by atoms with Gasteiger partial charge in [-0.05, 0) is 24.7 Å². The number of rotatable bonds is 4. The lowest BCUT2D eigenvalue weighted by molar-refractivity contribution is 0.278. The second-order valence-corrected chi connectivity index (χ2v) is 4.69. The van der Waals surface area contributed by atoms with E-state index in [1.807, 2.05) is 0 Å². The third kappa shape index (κ3) is 3.08. The fraction of sp³-hybridized carbons (Fsp3) is 0.455. The number of epoxide rings is 1. The molecule has 1 saturated heterocycles. The van der Waals surface area contributed by atoms with E-state index in [1.54, 1.807) is 0 Å². The monoisotopic (exact) mass is 255 g/mol. The Bertz CT molecular complexity index is 295. The van der Waals surface area contributed by atoms with Gasteiger partial charge in [-0.1, -0.05) is 28.1 Å². The first-order chi connectivity index (χ1) is 6.74. The minimum absolute atomic E-state index is 0.482. The van der Waals surface area contributed by atoms with Gasteiger partial charge in [0.25, 0.3) is 0 Å². The Hall–Kier alpha value is -0.380. The Labute approximate surface area is 93.0 Å². The SMILES string of the molecule is CN(Cc1ccc(Br)cc1)C[C@H]1CO1. The third-order valence-corrected chi connectivity index (χ3v) is 2.81. The normalized spacial score (nSPS) is 20.1. The smallest absolute Gasteiger partial charge is 0.0936 e. The fourth-order valence-corrected chi connectivity index (χ4v) is 1.75. The van der Waals surface area contributed by atoms with Gasteiger partial charge in [0.2, 0.25) is 0 Å². The summed E-state index contributed by atoms with van der Waals surface area (Å²) in [5, 5.41) is 0. The van der Waals surface area contributed by atoms with Crippen LogP contribution in [0, 0.1) is 0 Å². The average Bonchev–Trinajstić information content (AvgIpc) is 2.93. The molecular weight excluding hydrogens is 242 g/mol. The summed E-state index contributed by atoms with van der Waals surface area (Å²) in [6, 6.07) is 8.45. The molecule has 0 amide bonds. The zero-order valence-electron chi connectivity index (χ0n) is 8.24. The molecule has 1 aliphatic rings. The topological polar surface area (TPSA) is 15.8 Å². The zero-order valence-corrected chi connectivity index (χ0v) is 9.83. The van der Waals surface area contributed by atoms with E-state index in [0.717, 1.165) is 24.2 Å². The van der Waals surface area contributed by atoms with Gasteiger partial charge in [-0.3, -0.25) is 4.90 Å². The van der Waals surface area contributed by atoms with Crippen molar-refractivity contribution < 1.29 is 4.74 Å². The first-order valence-electron chi connectivity index (χ1n) is 4.78. The zero-order chi connectivity index (χ0) is 9.97. The first-order valence-corrected chi connectivity index (χ1v) is 5.58. The lowest BCUT2D eigenvalue weighted by atomic mass is 10.2. The van der Waals surface area contributed by atoms with Crippen molar-refractivity contribution >= 4 is 15.9 Å². The Morgan fingerprint density at radius 3 is 2.64 bits per heavy atom. The molecule has 0 unspecified atom stereocenters. The summed E-state index contributed by atoms with van der Waals surface area (Å²) in [7, 11) is 2.13. The lowest BCUT2D eigenvalue weighted by Crippen LogP contribution is -2.22. The predicted molar refractivity (Wildman–Crippen MR) is 60.2 cm³/mol. The van der Waals surface area contributed by atoms with Crippen LogP contribution in [0.4, 0.5) is 0 Å². The molecule has 1 fully saturated rings. The summed E-state index contributed by atoms with van der Waals surface area (Å²) in [4.78, 5) is 2.29. The molecule has 3 heteroatoms. The third-order valence-electron chi connectivity index (χ3n) is 2.28. The molecule has 0 aliphatic carbocycles. The Balaban J connectivity index is 1.85. The second kappa shape index (κ2) is 4.43. The van der Waals surface area contributed by atoms with Gasteiger partial charge in [0.05, 0.1) is 12.7 Å². The predicted octanol–water partition coefficient (Wildman–Crippen LogP) is 2.28. The van der Waals surface area contributed by atoms with Gasteiger partial charge in [0.15, 0.2) is 0 Å². The van der Waals surface area contributed by atoms with Crippen molar-refractivity contribution in [2.24, 2.45) is 0 Å². The van der Waals surface area contributed by atoms with Gasteiger partial charge >= 0.3 is 0 Å². The van der Waals surface area contributed by atoms with E-state index in [1.165, 1.54) is 5.56 Å².